The normalized spacial score (nSPS) is 15.8. The summed E-state index contributed by atoms with van der Waals surface area (Å²) in [4.78, 5) is 12.1. The number of fused-ring (bicyclic) bond motifs is 1. The minimum absolute atomic E-state index is 0.212. The zero-order chi connectivity index (χ0) is 16.8. The molecule has 0 bridgehead atoms. The van der Waals surface area contributed by atoms with Gasteiger partial charge in [-0.1, -0.05) is 25.5 Å². The standard InChI is InChI=1S/C17H22N4O3/c1-2-3-10-21-16(8-9-19-21)20-17(22)18-11-13-12-23-14-6-4-5-7-15(14)24-13/h4-9,13H,2-3,10-12H2,1H3,(H2,18,20,22). The Balaban J connectivity index is 1.47. The number of para-hydroxylation sites is 2. The first-order valence-corrected chi connectivity index (χ1v) is 8.21. The molecule has 2 aromatic rings. The summed E-state index contributed by atoms with van der Waals surface area (Å²) < 4.78 is 13.2. The summed E-state index contributed by atoms with van der Waals surface area (Å²) >= 11 is 0. The fourth-order valence-electron chi connectivity index (χ4n) is 2.46. The first kappa shape index (κ1) is 16.2. The van der Waals surface area contributed by atoms with Crippen molar-refractivity contribution in [2.24, 2.45) is 0 Å². The molecular weight excluding hydrogens is 308 g/mol. The largest absolute Gasteiger partial charge is 0.486 e. The average molecular weight is 330 g/mol. The molecule has 1 aromatic heterocycles. The number of unbranched alkanes of at least 4 members (excludes halogenated alkanes) is 1. The Kier molecular flexibility index (Phi) is 5.20. The van der Waals surface area contributed by atoms with E-state index in [0.29, 0.717) is 24.7 Å². The molecule has 0 saturated carbocycles. The molecule has 3 rings (SSSR count). The van der Waals surface area contributed by atoms with E-state index in [0.717, 1.165) is 25.1 Å². The predicted octanol–water partition coefficient (Wildman–Crippen LogP) is 2.64. The topological polar surface area (TPSA) is 77.4 Å². The van der Waals surface area contributed by atoms with Crippen molar-refractivity contribution in [1.29, 1.82) is 0 Å². The molecular formula is C17H22N4O3. The van der Waals surface area contributed by atoms with Crippen molar-refractivity contribution in [1.82, 2.24) is 15.1 Å². The van der Waals surface area contributed by atoms with Crippen molar-refractivity contribution in [3.8, 4) is 11.5 Å². The van der Waals surface area contributed by atoms with Crippen LogP contribution in [0.5, 0.6) is 11.5 Å². The predicted molar refractivity (Wildman–Crippen MR) is 90.5 cm³/mol. The summed E-state index contributed by atoms with van der Waals surface area (Å²) in [6, 6.07) is 9.01. The summed E-state index contributed by atoms with van der Waals surface area (Å²) in [6.45, 7) is 3.68. The zero-order valence-corrected chi connectivity index (χ0v) is 13.7. The maximum atomic E-state index is 12.1. The number of anilines is 1. The molecule has 2 heterocycles. The molecule has 0 radical (unpaired) electrons. The third-order valence-corrected chi connectivity index (χ3v) is 3.74. The third-order valence-electron chi connectivity index (χ3n) is 3.74. The van der Waals surface area contributed by atoms with E-state index < -0.39 is 0 Å². The molecule has 7 heteroatoms. The first-order chi connectivity index (χ1) is 11.8. The van der Waals surface area contributed by atoms with Crippen LogP contribution in [-0.2, 0) is 6.54 Å². The summed E-state index contributed by atoms with van der Waals surface area (Å²) in [5.74, 6) is 2.12. The van der Waals surface area contributed by atoms with Crippen LogP contribution in [0.15, 0.2) is 36.5 Å². The van der Waals surface area contributed by atoms with Gasteiger partial charge in [0.2, 0.25) is 0 Å². The number of carbonyl (C=O) groups excluding carboxylic acids is 1. The molecule has 2 amide bonds. The molecule has 1 unspecified atom stereocenters. The van der Waals surface area contributed by atoms with Gasteiger partial charge < -0.3 is 14.8 Å². The van der Waals surface area contributed by atoms with Crippen LogP contribution in [-0.4, -0.2) is 35.1 Å². The van der Waals surface area contributed by atoms with E-state index in [1.807, 2.05) is 24.3 Å². The number of amides is 2. The monoisotopic (exact) mass is 330 g/mol. The van der Waals surface area contributed by atoms with Crippen molar-refractivity contribution in [2.45, 2.75) is 32.4 Å². The minimum atomic E-state index is -0.282. The molecule has 7 nitrogen and oxygen atoms in total. The Bertz CT molecular complexity index is 686. The van der Waals surface area contributed by atoms with Crippen LogP contribution in [0.1, 0.15) is 19.8 Å². The van der Waals surface area contributed by atoms with Gasteiger partial charge in [0.05, 0.1) is 12.7 Å². The molecule has 1 aromatic carbocycles. The lowest BCUT2D eigenvalue weighted by atomic mass is 10.2. The Morgan fingerprint density at radius 1 is 1.33 bits per heavy atom. The number of urea groups is 1. The van der Waals surface area contributed by atoms with Gasteiger partial charge in [0.15, 0.2) is 17.6 Å². The van der Waals surface area contributed by atoms with Gasteiger partial charge in [0, 0.05) is 12.6 Å². The Morgan fingerprint density at radius 3 is 3.00 bits per heavy atom. The van der Waals surface area contributed by atoms with Gasteiger partial charge in [-0.25, -0.2) is 9.48 Å². The number of nitrogens with one attached hydrogen (secondary N) is 2. The molecule has 1 aliphatic rings. The van der Waals surface area contributed by atoms with Gasteiger partial charge in [-0.2, -0.15) is 5.10 Å². The Morgan fingerprint density at radius 2 is 2.17 bits per heavy atom. The third kappa shape index (κ3) is 3.98. The van der Waals surface area contributed by atoms with Crippen molar-refractivity contribution < 1.29 is 14.3 Å². The molecule has 0 aliphatic carbocycles. The van der Waals surface area contributed by atoms with E-state index in [9.17, 15) is 4.79 Å². The molecule has 0 saturated heterocycles. The maximum Gasteiger partial charge on any atom is 0.320 e. The first-order valence-electron chi connectivity index (χ1n) is 8.21. The van der Waals surface area contributed by atoms with E-state index in [4.69, 9.17) is 9.47 Å². The van der Waals surface area contributed by atoms with Crippen LogP contribution in [0, 0.1) is 0 Å². The van der Waals surface area contributed by atoms with Crippen LogP contribution in [0.3, 0.4) is 0 Å². The number of aryl methyl sites for hydroxylation is 1. The smallest absolute Gasteiger partial charge is 0.320 e. The van der Waals surface area contributed by atoms with Crippen molar-refractivity contribution in [3.63, 3.8) is 0 Å². The summed E-state index contributed by atoms with van der Waals surface area (Å²) in [6.07, 6.45) is 3.56. The van der Waals surface area contributed by atoms with E-state index in [1.165, 1.54) is 0 Å². The highest BCUT2D eigenvalue weighted by Gasteiger charge is 2.21. The number of ether oxygens (including phenoxy) is 2. The van der Waals surface area contributed by atoms with Gasteiger partial charge in [-0.05, 0) is 18.6 Å². The Hall–Kier alpha value is -2.70. The SMILES string of the molecule is CCCCn1nccc1NC(=O)NCC1COc2ccccc2O1. The van der Waals surface area contributed by atoms with Gasteiger partial charge in [-0.3, -0.25) is 5.32 Å². The van der Waals surface area contributed by atoms with Crippen molar-refractivity contribution >= 4 is 11.8 Å². The summed E-state index contributed by atoms with van der Waals surface area (Å²) in [5, 5.41) is 9.83. The second kappa shape index (κ2) is 7.72. The second-order valence-electron chi connectivity index (χ2n) is 5.63. The highest BCUT2D eigenvalue weighted by Crippen LogP contribution is 2.30. The molecule has 0 spiro atoms. The lowest BCUT2D eigenvalue weighted by Gasteiger charge is -2.26. The maximum absolute atomic E-state index is 12.1. The number of aromatic nitrogens is 2. The molecule has 0 fully saturated rings. The number of hydrogen-bond acceptors (Lipinski definition) is 4. The lowest BCUT2D eigenvalue weighted by Crippen LogP contribution is -2.42. The molecule has 128 valence electrons. The van der Waals surface area contributed by atoms with Gasteiger partial charge in [0.1, 0.15) is 12.4 Å². The molecule has 1 atom stereocenters. The van der Waals surface area contributed by atoms with Crippen LogP contribution in [0.2, 0.25) is 0 Å². The van der Waals surface area contributed by atoms with Crippen LogP contribution in [0.4, 0.5) is 10.6 Å². The molecule has 2 N–H and O–H groups in total. The van der Waals surface area contributed by atoms with Crippen molar-refractivity contribution in [3.05, 3.63) is 36.5 Å². The number of benzene rings is 1. The summed E-state index contributed by atoms with van der Waals surface area (Å²) in [5.41, 5.74) is 0. The minimum Gasteiger partial charge on any atom is -0.486 e. The lowest BCUT2D eigenvalue weighted by molar-refractivity contribution is 0.0922. The van der Waals surface area contributed by atoms with Crippen LogP contribution >= 0.6 is 0 Å². The highest BCUT2D eigenvalue weighted by molar-refractivity contribution is 5.88. The number of carbonyl (C=O) groups is 1. The fraction of sp³-hybridized carbons (Fsp3) is 0.412. The van der Waals surface area contributed by atoms with E-state index in [-0.39, 0.29) is 12.1 Å². The van der Waals surface area contributed by atoms with E-state index >= 15 is 0 Å². The number of hydrogen-bond donors (Lipinski definition) is 2. The highest BCUT2D eigenvalue weighted by atomic mass is 16.6. The van der Waals surface area contributed by atoms with Gasteiger partial charge in [-0.15, -0.1) is 0 Å². The number of rotatable bonds is 6. The fourth-order valence-corrected chi connectivity index (χ4v) is 2.46. The Labute approximate surface area is 140 Å². The molecule has 1 aliphatic heterocycles. The second-order valence-corrected chi connectivity index (χ2v) is 5.63. The van der Waals surface area contributed by atoms with E-state index in [2.05, 4.69) is 22.7 Å². The van der Waals surface area contributed by atoms with Gasteiger partial charge >= 0.3 is 6.03 Å². The van der Waals surface area contributed by atoms with Crippen molar-refractivity contribution in [2.75, 3.05) is 18.5 Å². The average Bonchev–Trinajstić information content (AvgIpc) is 3.05. The van der Waals surface area contributed by atoms with Gasteiger partial charge in [0.25, 0.3) is 0 Å². The molecule has 24 heavy (non-hydrogen) atoms. The van der Waals surface area contributed by atoms with E-state index in [1.54, 1.807) is 16.9 Å². The zero-order valence-electron chi connectivity index (χ0n) is 13.7. The van der Waals surface area contributed by atoms with Crippen LogP contribution < -0.4 is 20.1 Å². The number of nitrogens with zero attached hydrogens (tertiary/aromatic N) is 2. The quantitative estimate of drug-likeness (QED) is 0.853. The van der Waals surface area contributed by atoms with Crippen LogP contribution in [0.25, 0.3) is 0 Å². The summed E-state index contributed by atoms with van der Waals surface area (Å²) in [7, 11) is 0.